The molecule has 0 saturated heterocycles. The average molecular weight is 481 g/mol. The van der Waals surface area contributed by atoms with Crippen LogP contribution in [0.2, 0.25) is 0 Å². The summed E-state index contributed by atoms with van der Waals surface area (Å²) in [6.45, 7) is 9.28. The van der Waals surface area contributed by atoms with Crippen LogP contribution in [0.3, 0.4) is 0 Å². The van der Waals surface area contributed by atoms with Crippen LogP contribution in [-0.2, 0) is 16.8 Å². The highest BCUT2D eigenvalue weighted by atomic mass is 16.7. The molecule has 1 amide bonds. The maximum absolute atomic E-state index is 15.4. The lowest BCUT2D eigenvalue weighted by Gasteiger charge is -2.48. The van der Waals surface area contributed by atoms with E-state index in [-0.39, 0.29) is 23.8 Å². The lowest BCUT2D eigenvalue weighted by atomic mass is 9.76. The van der Waals surface area contributed by atoms with Crippen molar-refractivity contribution < 1.29 is 23.4 Å². The first-order chi connectivity index (χ1) is 17.5. The van der Waals surface area contributed by atoms with E-state index in [0.717, 1.165) is 22.6 Å². The Morgan fingerprint density at radius 3 is 2.61 bits per heavy atom. The highest BCUT2D eigenvalue weighted by Crippen LogP contribution is 2.61. The van der Waals surface area contributed by atoms with E-state index < -0.39 is 11.0 Å². The average Bonchev–Trinajstić information content (AvgIpc) is 3.68. The summed E-state index contributed by atoms with van der Waals surface area (Å²) < 4.78 is 23.5. The van der Waals surface area contributed by atoms with Gasteiger partial charge in [-0.15, -0.1) is 0 Å². The zero-order chi connectivity index (χ0) is 24.5. The lowest BCUT2D eigenvalue weighted by Crippen LogP contribution is -2.68. The Bertz CT molecular complexity index is 1450. The summed E-state index contributed by atoms with van der Waals surface area (Å²) >= 11 is 0. The van der Waals surface area contributed by atoms with E-state index in [0.29, 0.717) is 42.2 Å². The van der Waals surface area contributed by atoms with Gasteiger partial charge < -0.3 is 18.6 Å². The third-order valence-electron chi connectivity index (χ3n) is 8.43. The Morgan fingerprint density at radius 1 is 1.00 bits per heavy atom. The van der Waals surface area contributed by atoms with E-state index >= 15 is 4.79 Å². The van der Waals surface area contributed by atoms with Gasteiger partial charge >= 0.3 is 5.91 Å². The minimum absolute atomic E-state index is 0.0546. The van der Waals surface area contributed by atoms with E-state index in [1.165, 1.54) is 0 Å². The minimum Gasteiger partial charge on any atom is -0.491 e. The van der Waals surface area contributed by atoms with Gasteiger partial charge in [0.1, 0.15) is 30.1 Å². The summed E-state index contributed by atoms with van der Waals surface area (Å²) in [7, 11) is 0. The molecule has 1 aliphatic carbocycles. The smallest absolute Gasteiger partial charge is 0.338 e. The van der Waals surface area contributed by atoms with E-state index in [2.05, 4.69) is 31.2 Å². The monoisotopic (exact) mass is 480 g/mol. The Morgan fingerprint density at radius 2 is 1.83 bits per heavy atom. The van der Waals surface area contributed by atoms with Gasteiger partial charge in [0.25, 0.3) is 0 Å². The number of benzene rings is 2. The molecule has 36 heavy (non-hydrogen) atoms. The van der Waals surface area contributed by atoms with Gasteiger partial charge in [-0.2, -0.15) is 0 Å². The molecule has 2 aromatic carbocycles. The molecule has 4 heterocycles. The second kappa shape index (κ2) is 7.37. The van der Waals surface area contributed by atoms with Crippen LogP contribution in [-0.4, -0.2) is 24.8 Å². The quantitative estimate of drug-likeness (QED) is 0.463. The normalized spacial score (nSPS) is 29.3. The fraction of sp³-hybridized carbons (Fsp3) is 0.267. The summed E-state index contributed by atoms with van der Waals surface area (Å²) in [5, 5.41) is 0. The van der Waals surface area contributed by atoms with Crippen molar-refractivity contribution in [3.8, 4) is 17.2 Å². The van der Waals surface area contributed by atoms with Crippen LogP contribution in [0.1, 0.15) is 36.7 Å². The van der Waals surface area contributed by atoms with E-state index in [9.17, 15) is 0 Å². The predicted octanol–water partition coefficient (Wildman–Crippen LogP) is 5.48. The largest absolute Gasteiger partial charge is 0.491 e. The van der Waals surface area contributed by atoms with Crippen LogP contribution in [0.4, 0.5) is 5.69 Å². The molecule has 2 radical (unpaired) electrons. The Kier molecular flexibility index (Phi) is 4.40. The standard InChI is InChI=1S/C30H26NO5/c1-3-29(12-6-8-20(2)16-29)31(17-21-9-7-13-33-21)24-11-5-4-10-22(24)30(28(31)32)18-34-25-15-27-26(14-23(25)30)35-19-36-27/h2,4-11,13-16H,3,12,17-19H2,1H3/q+1. The maximum atomic E-state index is 15.4. The van der Waals surface area contributed by atoms with Crippen molar-refractivity contribution in [2.24, 2.45) is 0 Å². The third kappa shape index (κ3) is 2.52. The summed E-state index contributed by atoms with van der Waals surface area (Å²) in [6.07, 6.45) is 9.14. The number of hydrogen-bond donors (Lipinski definition) is 0. The zero-order valence-electron chi connectivity index (χ0n) is 20.0. The van der Waals surface area contributed by atoms with Crippen LogP contribution in [0.15, 0.2) is 83.0 Å². The van der Waals surface area contributed by atoms with Crippen molar-refractivity contribution in [1.82, 2.24) is 4.48 Å². The molecular formula is C30H26NO5+. The second-order valence-electron chi connectivity index (χ2n) is 9.97. The van der Waals surface area contributed by atoms with Crippen molar-refractivity contribution in [2.75, 3.05) is 13.4 Å². The van der Waals surface area contributed by atoms with E-state index in [1.54, 1.807) is 6.26 Å². The molecule has 0 N–H and O–H groups in total. The number of allylic oxidation sites excluding steroid dienone is 2. The molecule has 1 spiro atoms. The lowest BCUT2D eigenvalue weighted by molar-refractivity contribution is -0.139. The number of hydrogen-bond acceptors (Lipinski definition) is 5. The molecule has 3 aromatic rings. The summed E-state index contributed by atoms with van der Waals surface area (Å²) in [5.41, 5.74) is 1.80. The second-order valence-corrected chi connectivity index (χ2v) is 9.97. The fourth-order valence-corrected chi connectivity index (χ4v) is 6.75. The molecule has 0 bridgehead atoms. The highest BCUT2D eigenvalue weighted by molar-refractivity contribution is 6.09. The van der Waals surface area contributed by atoms with Gasteiger partial charge in [-0.3, -0.25) is 0 Å². The van der Waals surface area contributed by atoms with Crippen LogP contribution in [0, 0.1) is 6.92 Å². The first-order valence-electron chi connectivity index (χ1n) is 12.3. The van der Waals surface area contributed by atoms with Crippen molar-refractivity contribution in [3.05, 3.63) is 102 Å². The first kappa shape index (κ1) is 21.5. The Hall–Kier alpha value is -3.77. The molecule has 0 saturated carbocycles. The van der Waals surface area contributed by atoms with Gasteiger partial charge in [-0.05, 0) is 36.8 Å². The molecule has 3 atom stereocenters. The van der Waals surface area contributed by atoms with Crippen molar-refractivity contribution in [2.45, 2.75) is 37.3 Å². The zero-order valence-corrected chi connectivity index (χ0v) is 20.0. The number of ether oxygens (including phenoxy) is 3. The van der Waals surface area contributed by atoms with Crippen molar-refractivity contribution in [3.63, 3.8) is 0 Å². The molecule has 3 unspecified atom stereocenters. The van der Waals surface area contributed by atoms with E-state index in [4.69, 9.17) is 25.6 Å². The molecule has 4 aliphatic rings. The molecule has 180 valence electrons. The van der Waals surface area contributed by atoms with Crippen molar-refractivity contribution >= 4 is 11.6 Å². The van der Waals surface area contributed by atoms with Gasteiger partial charge in [0.15, 0.2) is 22.7 Å². The molecule has 7 rings (SSSR count). The SMILES string of the molecule is [CH]C1=CC(CC)([N+]2(Cc3ccco3)C(=O)C3(COc4cc5c(cc43)OCO5)c3ccccc32)CC=C1. The predicted molar refractivity (Wildman–Crippen MR) is 134 cm³/mol. The number of rotatable bonds is 4. The number of furan rings is 1. The fourth-order valence-electron chi connectivity index (χ4n) is 6.75. The van der Waals surface area contributed by atoms with Crippen LogP contribution < -0.4 is 18.7 Å². The van der Waals surface area contributed by atoms with Gasteiger partial charge in [-0.25, -0.2) is 9.28 Å². The minimum atomic E-state index is -0.995. The first-order valence-corrected chi connectivity index (χ1v) is 12.3. The number of quaternary nitrogens is 1. The van der Waals surface area contributed by atoms with E-state index in [1.807, 2.05) is 42.5 Å². The number of amides is 1. The summed E-state index contributed by atoms with van der Waals surface area (Å²) in [4.78, 5) is 15.4. The van der Waals surface area contributed by atoms with Gasteiger partial charge in [0.05, 0.1) is 6.26 Å². The van der Waals surface area contributed by atoms with Crippen LogP contribution >= 0.6 is 0 Å². The van der Waals surface area contributed by atoms with Gasteiger partial charge in [0.2, 0.25) is 6.79 Å². The number of para-hydroxylation sites is 1. The summed E-state index contributed by atoms with van der Waals surface area (Å²) in [6, 6.07) is 15.7. The Balaban J connectivity index is 1.54. The van der Waals surface area contributed by atoms with Crippen LogP contribution in [0.5, 0.6) is 17.2 Å². The number of fused-ring (bicyclic) bond motifs is 5. The topological polar surface area (TPSA) is 57.9 Å². The summed E-state index contributed by atoms with van der Waals surface area (Å²) in [5.74, 6) is 2.73. The number of carbonyl (C=O) groups is 1. The maximum Gasteiger partial charge on any atom is 0.338 e. The highest BCUT2D eigenvalue weighted by Gasteiger charge is 2.71. The molecular weight excluding hydrogens is 454 g/mol. The molecule has 1 aromatic heterocycles. The Labute approximate surface area is 210 Å². The number of carbonyl (C=O) groups excluding carboxylic acids is 1. The third-order valence-corrected chi connectivity index (χ3v) is 8.43. The molecule has 6 heteroatoms. The van der Waals surface area contributed by atoms with Gasteiger partial charge in [0, 0.05) is 36.1 Å². The van der Waals surface area contributed by atoms with Crippen molar-refractivity contribution in [1.29, 1.82) is 0 Å². The van der Waals surface area contributed by atoms with Gasteiger partial charge in [-0.1, -0.05) is 37.3 Å². The molecule has 3 aliphatic heterocycles. The number of nitrogens with zero attached hydrogens (tertiary/aromatic N) is 1. The molecule has 0 fully saturated rings. The molecule has 6 nitrogen and oxygen atoms in total. The van der Waals surface area contributed by atoms with Crippen LogP contribution in [0.25, 0.3) is 0 Å².